The number of nitrogens with one attached hydrogen (secondary N) is 1. The van der Waals surface area contributed by atoms with Crippen LogP contribution in [0.5, 0.6) is 0 Å². The molecule has 1 fully saturated rings. The molecule has 4 N–H and O–H groups in total. The minimum absolute atomic E-state index is 0.0895. The summed E-state index contributed by atoms with van der Waals surface area (Å²) in [6.45, 7) is 7.85. The molecule has 11 heteroatoms. The van der Waals surface area contributed by atoms with E-state index in [0.29, 0.717) is 50.2 Å². The van der Waals surface area contributed by atoms with E-state index in [0.717, 1.165) is 16.8 Å². The van der Waals surface area contributed by atoms with Gasteiger partial charge in [-0.2, -0.15) is 10.4 Å². The average molecular weight is 543 g/mol. The second-order valence-corrected chi connectivity index (χ2v) is 14.7. The number of hydrogen-bond acceptors (Lipinski definition) is 8. The topological polar surface area (TPSA) is 154 Å². The molecule has 1 aliphatic carbocycles. The standard InChI is InChI=1S/C27H38N6O4S/c1-25(2,29)24(35)26(3,4)38(36,37)27(11-12-27)17-33-13-10-20-21(31-32(5)22(20)23(33)34)16-30-15-19-8-6-18(14-28)7-9-19/h6-9,24,30,35H,10-13,15-17,29H2,1-5H3. The van der Waals surface area contributed by atoms with Crippen LogP contribution < -0.4 is 11.1 Å². The number of aliphatic hydroxyl groups excluding tert-OH is 1. The third-order valence-electron chi connectivity index (χ3n) is 7.97. The Morgan fingerprint density at radius 1 is 1.21 bits per heavy atom. The molecule has 0 radical (unpaired) electrons. The van der Waals surface area contributed by atoms with Crippen molar-refractivity contribution in [3.63, 3.8) is 0 Å². The van der Waals surface area contributed by atoms with Crippen LogP contribution >= 0.6 is 0 Å². The van der Waals surface area contributed by atoms with Crippen LogP contribution in [-0.2, 0) is 36.4 Å². The molecule has 38 heavy (non-hydrogen) atoms. The van der Waals surface area contributed by atoms with E-state index < -0.39 is 31.0 Å². The quantitative estimate of drug-likeness (QED) is 0.407. The van der Waals surface area contributed by atoms with Crippen LogP contribution in [0.3, 0.4) is 0 Å². The van der Waals surface area contributed by atoms with E-state index >= 15 is 0 Å². The predicted molar refractivity (Wildman–Crippen MR) is 144 cm³/mol. The van der Waals surface area contributed by atoms with Gasteiger partial charge in [0.1, 0.15) is 5.69 Å². The molecule has 1 atom stereocenters. The number of fused-ring (bicyclic) bond motifs is 1. The third kappa shape index (κ3) is 4.86. The Bertz CT molecular complexity index is 1360. The minimum Gasteiger partial charge on any atom is -0.390 e. The fourth-order valence-corrected chi connectivity index (χ4v) is 8.25. The van der Waals surface area contributed by atoms with Crippen LogP contribution in [0.2, 0.25) is 0 Å². The Hall–Kier alpha value is -2.78. The van der Waals surface area contributed by atoms with E-state index in [1.54, 1.807) is 42.6 Å². The van der Waals surface area contributed by atoms with Crippen molar-refractivity contribution in [1.82, 2.24) is 20.0 Å². The van der Waals surface area contributed by atoms with Crippen LogP contribution in [0, 0.1) is 11.3 Å². The van der Waals surface area contributed by atoms with Gasteiger partial charge in [-0.1, -0.05) is 12.1 Å². The van der Waals surface area contributed by atoms with Gasteiger partial charge in [0, 0.05) is 44.3 Å². The van der Waals surface area contributed by atoms with Crippen molar-refractivity contribution in [3.8, 4) is 6.07 Å². The number of hydrogen-bond donors (Lipinski definition) is 3. The van der Waals surface area contributed by atoms with Gasteiger partial charge in [0.05, 0.1) is 32.9 Å². The van der Waals surface area contributed by atoms with Gasteiger partial charge < -0.3 is 21.1 Å². The summed E-state index contributed by atoms with van der Waals surface area (Å²) in [6.07, 6.45) is 0.213. The highest BCUT2D eigenvalue weighted by Gasteiger charge is 2.63. The highest BCUT2D eigenvalue weighted by atomic mass is 32.2. The van der Waals surface area contributed by atoms with E-state index in [4.69, 9.17) is 11.0 Å². The summed E-state index contributed by atoms with van der Waals surface area (Å²) in [7, 11) is -2.10. The molecule has 1 amide bonds. The van der Waals surface area contributed by atoms with E-state index in [1.165, 1.54) is 13.8 Å². The second kappa shape index (κ2) is 9.75. The Morgan fingerprint density at radius 2 is 1.84 bits per heavy atom. The van der Waals surface area contributed by atoms with Crippen LogP contribution in [-0.4, -0.2) is 68.3 Å². The van der Waals surface area contributed by atoms with Crippen molar-refractivity contribution in [2.45, 2.75) is 81.2 Å². The normalized spacial score (nSPS) is 18.2. The molecule has 1 saturated carbocycles. The highest BCUT2D eigenvalue weighted by molar-refractivity contribution is 7.94. The zero-order valence-corrected chi connectivity index (χ0v) is 23.6. The summed E-state index contributed by atoms with van der Waals surface area (Å²) in [4.78, 5) is 15.2. The molecular formula is C27H38N6O4S. The van der Waals surface area contributed by atoms with Crippen LogP contribution in [0.15, 0.2) is 24.3 Å². The fraction of sp³-hybridized carbons (Fsp3) is 0.593. The lowest BCUT2D eigenvalue weighted by atomic mass is 9.89. The van der Waals surface area contributed by atoms with E-state index in [1.807, 2.05) is 12.1 Å². The molecule has 0 bridgehead atoms. The van der Waals surface area contributed by atoms with Gasteiger partial charge in [-0.05, 0) is 64.7 Å². The van der Waals surface area contributed by atoms with Crippen LogP contribution in [0.1, 0.15) is 73.4 Å². The Balaban J connectivity index is 1.47. The van der Waals surface area contributed by atoms with Gasteiger partial charge >= 0.3 is 0 Å². The Morgan fingerprint density at radius 3 is 2.39 bits per heavy atom. The summed E-state index contributed by atoms with van der Waals surface area (Å²) in [6, 6.07) is 9.46. The molecule has 206 valence electrons. The molecule has 10 nitrogen and oxygen atoms in total. The van der Waals surface area contributed by atoms with E-state index in [9.17, 15) is 18.3 Å². The number of nitrogens with two attached hydrogens (primary N) is 1. The molecule has 1 aromatic heterocycles. The van der Waals surface area contributed by atoms with E-state index in [2.05, 4.69) is 16.5 Å². The lowest BCUT2D eigenvalue weighted by Gasteiger charge is -2.41. The first-order valence-corrected chi connectivity index (χ1v) is 14.4. The van der Waals surface area contributed by atoms with Gasteiger partial charge in [0.25, 0.3) is 5.91 Å². The number of aliphatic hydroxyl groups is 1. The maximum atomic E-state index is 13.8. The number of carbonyl (C=O) groups is 1. The summed E-state index contributed by atoms with van der Waals surface area (Å²) < 4.78 is 26.6. The zero-order chi connectivity index (χ0) is 28.1. The number of carbonyl (C=O) groups excluding carboxylic acids is 1. The molecule has 0 saturated heterocycles. The van der Waals surface area contributed by atoms with Gasteiger partial charge in [0.15, 0.2) is 9.84 Å². The zero-order valence-electron chi connectivity index (χ0n) is 22.8. The molecule has 0 spiro atoms. The SMILES string of the molecule is Cn1nc(CNCc2ccc(C#N)cc2)c2c1C(=O)N(CC1(S(=O)(=O)C(C)(C)C(O)C(C)(C)N)CC1)CC2. The largest absolute Gasteiger partial charge is 0.390 e. The predicted octanol–water partition coefficient (Wildman–Crippen LogP) is 1.40. The van der Waals surface area contributed by atoms with Crippen molar-refractivity contribution in [3.05, 3.63) is 52.3 Å². The Kier molecular flexibility index (Phi) is 7.25. The number of rotatable bonds is 10. The number of nitrogens with zero attached hydrogens (tertiary/aromatic N) is 4. The highest BCUT2D eigenvalue weighted by Crippen LogP contribution is 2.50. The number of sulfone groups is 1. The van der Waals surface area contributed by atoms with Crippen molar-refractivity contribution in [2.75, 3.05) is 13.1 Å². The molecule has 2 aromatic rings. The first-order chi connectivity index (χ1) is 17.6. The average Bonchev–Trinajstić information content (AvgIpc) is 3.58. The third-order valence-corrected chi connectivity index (χ3v) is 11.3. The van der Waals surface area contributed by atoms with Crippen LogP contribution in [0.25, 0.3) is 0 Å². The summed E-state index contributed by atoms with van der Waals surface area (Å²) in [5.41, 5.74) is 8.80. The fourth-order valence-electron chi connectivity index (χ4n) is 5.57. The van der Waals surface area contributed by atoms with Crippen molar-refractivity contribution in [2.24, 2.45) is 12.8 Å². The number of aryl methyl sites for hydroxylation is 1. The molecule has 1 aromatic carbocycles. The van der Waals surface area contributed by atoms with Crippen molar-refractivity contribution < 1.29 is 18.3 Å². The number of benzene rings is 1. The van der Waals surface area contributed by atoms with Gasteiger partial charge in [-0.15, -0.1) is 0 Å². The summed E-state index contributed by atoms with van der Waals surface area (Å²) >= 11 is 0. The smallest absolute Gasteiger partial charge is 0.272 e. The second-order valence-electron chi connectivity index (χ2n) is 11.8. The molecule has 1 aliphatic heterocycles. The minimum atomic E-state index is -3.83. The maximum absolute atomic E-state index is 13.8. The maximum Gasteiger partial charge on any atom is 0.272 e. The van der Waals surface area contributed by atoms with Crippen LogP contribution in [0.4, 0.5) is 0 Å². The molecule has 4 rings (SSSR count). The van der Waals surface area contributed by atoms with E-state index in [-0.39, 0.29) is 12.5 Å². The van der Waals surface area contributed by atoms with Gasteiger partial charge in [-0.25, -0.2) is 8.42 Å². The molecular weight excluding hydrogens is 504 g/mol. The molecule has 2 aliphatic rings. The Labute approximate surface area is 224 Å². The summed E-state index contributed by atoms with van der Waals surface area (Å²) in [5.74, 6) is -0.224. The molecule has 2 heterocycles. The lowest BCUT2D eigenvalue weighted by molar-refractivity contribution is 0.0694. The molecule has 1 unspecified atom stereocenters. The number of aromatic nitrogens is 2. The first-order valence-electron chi connectivity index (χ1n) is 12.9. The van der Waals surface area contributed by atoms with Gasteiger partial charge in [0.2, 0.25) is 0 Å². The monoisotopic (exact) mass is 542 g/mol. The summed E-state index contributed by atoms with van der Waals surface area (Å²) in [5, 5.41) is 27.7. The first kappa shape index (κ1) is 28.2. The lowest BCUT2D eigenvalue weighted by Crippen LogP contribution is -2.62. The van der Waals surface area contributed by atoms with Crippen molar-refractivity contribution >= 4 is 15.7 Å². The number of amides is 1. The van der Waals surface area contributed by atoms with Gasteiger partial charge in [-0.3, -0.25) is 9.48 Å². The number of nitriles is 1. The van der Waals surface area contributed by atoms with Crippen molar-refractivity contribution in [1.29, 1.82) is 5.26 Å².